The van der Waals surface area contributed by atoms with E-state index in [0.29, 0.717) is 17.6 Å². The first-order valence-corrected chi connectivity index (χ1v) is 10.0. The molecule has 5 aromatic rings. The van der Waals surface area contributed by atoms with Crippen LogP contribution >= 0.6 is 22.7 Å². The van der Waals surface area contributed by atoms with Crippen LogP contribution in [0, 0.1) is 0 Å². The van der Waals surface area contributed by atoms with Gasteiger partial charge in [-0.1, -0.05) is 24.3 Å². The first-order valence-electron chi connectivity index (χ1n) is 8.26. The third-order valence-electron chi connectivity index (χ3n) is 4.17. The number of thiophene rings is 1. The van der Waals surface area contributed by atoms with Crippen molar-refractivity contribution in [3.63, 3.8) is 0 Å². The van der Waals surface area contributed by atoms with E-state index >= 15 is 0 Å². The van der Waals surface area contributed by atoms with Gasteiger partial charge < -0.3 is 0 Å². The average molecular weight is 391 g/mol. The molecule has 0 aliphatic heterocycles. The number of rotatable bonds is 4. The third kappa shape index (κ3) is 2.88. The Morgan fingerprint density at radius 1 is 1.04 bits per heavy atom. The number of para-hydroxylation sites is 1. The van der Waals surface area contributed by atoms with Gasteiger partial charge in [-0.25, -0.2) is 14.6 Å². The zero-order valence-corrected chi connectivity index (χ0v) is 15.7. The number of nitrogens with zero attached hydrogens (tertiary/aromatic N) is 5. The van der Waals surface area contributed by atoms with Gasteiger partial charge >= 0.3 is 0 Å². The van der Waals surface area contributed by atoms with Crippen LogP contribution < -0.4 is 5.56 Å². The van der Waals surface area contributed by atoms with Crippen molar-refractivity contribution in [2.45, 2.75) is 6.54 Å². The molecule has 0 radical (unpaired) electrons. The molecule has 0 fully saturated rings. The molecule has 0 unspecified atom stereocenters. The van der Waals surface area contributed by atoms with Gasteiger partial charge in [-0.05, 0) is 23.6 Å². The van der Waals surface area contributed by atoms with E-state index in [1.54, 1.807) is 44.4 Å². The monoisotopic (exact) mass is 391 g/mol. The molecule has 0 saturated carbocycles. The van der Waals surface area contributed by atoms with Gasteiger partial charge in [0.15, 0.2) is 5.65 Å². The lowest BCUT2D eigenvalue weighted by Crippen LogP contribution is -2.21. The highest BCUT2D eigenvalue weighted by atomic mass is 32.1. The van der Waals surface area contributed by atoms with Crippen LogP contribution in [0.2, 0.25) is 0 Å². The normalized spacial score (nSPS) is 11.3. The second kappa shape index (κ2) is 6.57. The molecular formula is C19H13N5OS2. The fourth-order valence-electron chi connectivity index (χ4n) is 2.89. The summed E-state index contributed by atoms with van der Waals surface area (Å²) in [6.45, 7) is 0.389. The molecule has 1 aromatic carbocycles. The number of benzene rings is 1. The Morgan fingerprint density at radius 3 is 2.74 bits per heavy atom. The molecule has 4 aromatic heterocycles. The highest BCUT2D eigenvalue weighted by Crippen LogP contribution is 2.27. The minimum absolute atomic E-state index is 0.118. The van der Waals surface area contributed by atoms with Crippen molar-refractivity contribution < 1.29 is 0 Å². The van der Waals surface area contributed by atoms with Crippen molar-refractivity contribution in [3.05, 3.63) is 81.8 Å². The number of hydrogen-bond donors (Lipinski definition) is 0. The van der Waals surface area contributed by atoms with Crippen LogP contribution in [0.5, 0.6) is 0 Å². The Morgan fingerprint density at radius 2 is 1.93 bits per heavy atom. The molecule has 4 heterocycles. The first kappa shape index (κ1) is 16.1. The lowest BCUT2D eigenvalue weighted by molar-refractivity contribution is 0.732. The number of aromatic nitrogens is 5. The molecule has 0 aliphatic carbocycles. The van der Waals surface area contributed by atoms with Gasteiger partial charge in [0.1, 0.15) is 16.7 Å². The SMILES string of the molecule is O=c1c2cnn(-c3ccccc3)c2ncn1Cc1csc(-c2cccs2)n1. The summed E-state index contributed by atoms with van der Waals surface area (Å²) in [4.78, 5) is 23.1. The molecular weight excluding hydrogens is 378 g/mol. The number of thiazole rings is 1. The van der Waals surface area contributed by atoms with Crippen molar-refractivity contribution >= 4 is 33.7 Å². The fourth-order valence-corrected chi connectivity index (χ4v) is 4.51. The Kier molecular flexibility index (Phi) is 3.92. The van der Waals surface area contributed by atoms with Crippen molar-refractivity contribution in [2.75, 3.05) is 0 Å². The van der Waals surface area contributed by atoms with E-state index in [0.717, 1.165) is 21.3 Å². The van der Waals surface area contributed by atoms with Gasteiger partial charge in [0, 0.05) is 5.38 Å². The average Bonchev–Trinajstić information content (AvgIpc) is 3.45. The molecule has 27 heavy (non-hydrogen) atoms. The summed E-state index contributed by atoms with van der Waals surface area (Å²) in [6, 6.07) is 13.7. The van der Waals surface area contributed by atoms with Gasteiger partial charge in [0.05, 0.1) is 29.0 Å². The van der Waals surface area contributed by atoms with Gasteiger partial charge in [-0.2, -0.15) is 5.10 Å². The zero-order chi connectivity index (χ0) is 18.2. The Bertz CT molecular complexity index is 1270. The predicted molar refractivity (Wildman–Crippen MR) is 108 cm³/mol. The molecule has 0 N–H and O–H groups in total. The fraction of sp³-hybridized carbons (Fsp3) is 0.0526. The van der Waals surface area contributed by atoms with Gasteiger partial charge in [0.25, 0.3) is 5.56 Å². The van der Waals surface area contributed by atoms with Crippen molar-refractivity contribution in [3.8, 4) is 15.6 Å². The standard InChI is InChI=1S/C19H13N5OS2/c25-19-15-9-21-24(14-5-2-1-3-6-14)17(15)20-12-23(19)10-13-11-27-18(22-13)16-7-4-8-26-16/h1-9,11-12H,10H2. The van der Waals surface area contributed by atoms with Gasteiger partial charge in [-0.15, -0.1) is 22.7 Å². The second-order valence-corrected chi connectivity index (χ2v) is 7.73. The Labute approximate surface area is 162 Å². The van der Waals surface area contributed by atoms with Crippen LogP contribution in [0.4, 0.5) is 0 Å². The van der Waals surface area contributed by atoms with Gasteiger partial charge in [-0.3, -0.25) is 9.36 Å². The van der Waals surface area contributed by atoms with E-state index in [4.69, 9.17) is 0 Å². The van der Waals surface area contributed by atoms with Crippen LogP contribution in [0.25, 0.3) is 26.6 Å². The molecule has 0 aliphatic rings. The summed E-state index contributed by atoms with van der Waals surface area (Å²) in [5, 5.41) is 9.82. The number of fused-ring (bicyclic) bond motifs is 1. The Hall–Kier alpha value is -3.10. The highest BCUT2D eigenvalue weighted by Gasteiger charge is 2.13. The van der Waals surface area contributed by atoms with Crippen LogP contribution in [0.1, 0.15) is 5.69 Å². The molecule has 8 heteroatoms. The molecule has 132 valence electrons. The topological polar surface area (TPSA) is 65.6 Å². The maximum atomic E-state index is 12.9. The first-order chi connectivity index (χ1) is 13.3. The lowest BCUT2D eigenvalue weighted by Gasteiger charge is -2.05. The van der Waals surface area contributed by atoms with Crippen molar-refractivity contribution in [1.29, 1.82) is 0 Å². The van der Waals surface area contributed by atoms with E-state index in [1.165, 1.54) is 0 Å². The van der Waals surface area contributed by atoms with E-state index < -0.39 is 0 Å². The maximum Gasteiger partial charge on any atom is 0.264 e. The van der Waals surface area contributed by atoms with Crippen LogP contribution in [-0.2, 0) is 6.54 Å². The van der Waals surface area contributed by atoms with E-state index in [2.05, 4.69) is 15.1 Å². The van der Waals surface area contributed by atoms with Crippen LogP contribution in [0.3, 0.4) is 0 Å². The molecule has 5 rings (SSSR count). The minimum atomic E-state index is -0.118. The quantitative estimate of drug-likeness (QED) is 0.467. The summed E-state index contributed by atoms with van der Waals surface area (Å²) < 4.78 is 3.26. The summed E-state index contributed by atoms with van der Waals surface area (Å²) >= 11 is 3.24. The molecule has 0 amide bonds. The molecule has 0 atom stereocenters. The molecule has 6 nitrogen and oxygen atoms in total. The highest BCUT2D eigenvalue weighted by molar-refractivity contribution is 7.20. The summed E-state index contributed by atoms with van der Waals surface area (Å²) in [5.41, 5.74) is 2.16. The van der Waals surface area contributed by atoms with E-state index in [1.807, 2.05) is 53.2 Å². The predicted octanol–water partition coefficient (Wildman–Crippen LogP) is 3.82. The minimum Gasteiger partial charge on any atom is -0.292 e. The molecule has 0 bridgehead atoms. The summed E-state index contributed by atoms with van der Waals surface area (Å²) in [5.74, 6) is 0. The van der Waals surface area contributed by atoms with Crippen molar-refractivity contribution in [2.24, 2.45) is 0 Å². The summed E-state index contributed by atoms with van der Waals surface area (Å²) in [6.07, 6.45) is 3.14. The second-order valence-electron chi connectivity index (χ2n) is 5.93. The lowest BCUT2D eigenvalue weighted by atomic mass is 10.3. The zero-order valence-electron chi connectivity index (χ0n) is 14.0. The molecule has 0 saturated heterocycles. The molecule has 0 spiro atoms. The van der Waals surface area contributed by atoms with Gasteiger partial charge in [0.2, 0.25) is 0 Å². The largest absolute Gasteiger partial charge is 0.292 e. The third-order valence-corrected chi connectivity index (χ3v) is 6.10. The van der Waals surface area contributed by atoms with E-state index in [9.17, 15) is 4.79 Å². The van der Waals surface area contributed by atoms with Crippen LogP contribution in [-0.4, -0.2) is 24.3 Å². The smallest absolute Gasteiger partial charge is 0.264 e. The number of hydrogen-bond acceptors (Lipinski definition) is 6. The Balaban J connectivity index is 1.50. The van der Waals surface area contributed by atoms with Crippen LogP contribution in [0.15, 0.2) is 70.5 Å². The van der Waals surface area contributed by atoms with Crippen molar-refractivity contribution in [1.82, 2.24) is 24.3 Å². The maximum absolute atomic E-state index is 12.9. The summed E-state index contributed by atoms with van der Waals surface area (Å²) in [7, 11) is 0. The van der Waals surface area contributed by atoms with E-state index in [-0.39, 0.29) is 5.56 Å².